The molecule has 1 N–H and O–H groups in total. The Morgan fingerprint density at radius 1 is 1.00 bits per heavy atom. The maximum Gasteiger partial charge on any atom is 0.154 e. The Hall–Kier alpha value is -3.38. The Balaban J connectivity index is 1.58. The van der Waals surface area contributed by atoms with E-state index in [9.17, 15) is 0 Å². The molecule has 6 heteroatoms. The van der Waals surface area contributed by atoms with Gasteiger partial charge in [-0.2, -0.15) is 0 Å². The first-order chi connectivity index (χ1) is 14.1. The summed E-state index contributed by atoms with van der Waals surface area (Å²) in [5, 5.41) is 9.44. The van der Waals surface area contributed by atoms with Crippen LogP contribution in [0.25, 0.3) is 26.3 Å². The normalized spacial score (nSPS) is 11.3. The van der Waals surface area contributed by atoms with E-state index in [0.29, 0.717) is 0 Å². The molecule has 2 aromatic carbocycles. The summed E-state index contributed by atoms with van der Waals surface area (Å²) in [6, 6.07) is 20.6. The number of rotatable bonds is 4. The average Bonchev–Trinajstić information content (AvgIpc) is 3.28. The number of methoxy groups -OCH3 is 1. The Morgan fingerprint density at radius 2 is 1.86 bits per heavy atom. The average molecular weight is 401 g/mol. The molecule has 0 saturated heterocycles. The minimum Gasteiger partial charge on any atom is -0.496 e. The van der Waals surface area contributed by atoms with Gasteiger partial charge in [0.1, 0.15) is 11.4 Å². The molecule has 5 aromatic rings. The summed E-state index contributed by atoms with van der Waals surface area (Å²) in [6.45, 7) is 4.06. The van der Waals surface area contributed by atoms with Gasteiger partial charge in [0, 0.05) is 16.5 Å². The van der Waals surface area contributed by atoms with Gasteiger partial charge in [0.05, 0.1) is 17.7 Å². The Morgan fingerprint density at radius 3 is 2.69 bits per heavy atom. The van der Waals surface area contributed by atoms with Gasteiger partial charge in [-0.25, -0.2) is 9.50 Å². The zero-order valence-electron chi connectivity index (χ0n) is 16.4. The molecule has 0 fully saturated rings. The molecule has 0 aliphatic rings. The van der Waals surface area contributed by atoms with Crippen LogP contribution in [0.5, 0.6) is 5.75 Å². The highest BCUT2D eigenvalue weighted by molar-refractivity contribution is 7.22. The molecule has 29 heavy (non-hydrogen) atoms. The predicted octanol–water partition coefficient (Wildman–Crippen LogP) is 5.98. The van der Waals surface area contributed by atoms with Crippen molar-refractivity contribution >= 4 is 38.6 Å². The second-order valence-electron chi connectivity index (χ2n) is 6.99. The van der Waals surface area contributed by atoms with Gasteiger partial charge in [-0.1, -0.05) is 24.3 Å². The third-order valence-corrected chi connectivity index (χ3v) is 6.11. The summed E-state index contributed by atoms with van der Waals surface area (Å²) >= 11 is 1.76. The lowest BCUT2D eigenvalue weighted by atomic mass is 10.2. The van der Waals surface area contributed by atoms with E-state index in [0.717, 1.165) is 44.7 Å². The maximum absolute atomic E-state index is 5.43. The smallest absolute Gasteiger partial charge is 0.154 e. The molecule has 0 radical (unpaired) electrons. The van der Waals surface area contributed by atoms with Crippen molar-refractivity contribution in [3.63, 3.8) is 0 Å². The lowest BCUT2D eigenvalue weighted by Crippen LogP contribution is -2.00. The SMILES string of the molecule is COc1cc(Nc2ccc3nc(C)c(-c4cc5ccccc5s4)n3n2)ccc1C. The van der Waals surface area contributed by atoms with Crippen molar-refractivity contribution in [2.75, 3.05) is 12.4 Å². The standard InChI is InChI=1S/C23H20N4OS/c1-14-8-9-17(13-18(14)28-3)25-21-10-11-22-24-15(2)23(27(22)26-21)20-12-16-6-4-5-7-19(16)29-20/h4-13H,1-3H3,(H,25,26). The quantitative estimate of drug-likeness (QED) is 0.403. The van der Waals surface area contributed by atoms with Crippen molar-refractivity contribution in [3.05, 3.63) is 71.9 Å². The number of ether oxygens (including phenoxy) is 1. The van der Waals surface area contributed by atoms with Crippen LogP contribution in [-0.2, 0) is 0 Å². The first-order valence-corrected chi connectivity index (χ1v) is 10.2. The lowest BCUT2D eigenvalue weighted by Gasteiger charge is -2.10. The maximum atomic E-state index is 5.43. The summed E-state index contributed by atoms with van der Waals surface area (Å²) < 4.78 is 8.61. The van der Waals surface area contributed by atoms with Crippen molar-refractivity contribution in [2.24, 2.45) is 0 Å². The number of nitrogens with zero attached hydrogens (tertiary/aromatic N) is 3. The van der Waals surface area contributed by atoms with Crippen LogP contribution in [-0.4, -0.2) is 21.7 Å². The predicted molar refractivity (Wildman–Crippen MR) is 120 cm³/mol. The number of aromatic nitrogens is 3. The van der Waals surface area contributed by atoms with Gasteiger partial charge in [-0.15, -0.1) is 16.4 Å². The van der Waals surface area contributed by atoms with Crippen LogP contribution in [0.3, 0.4) is 0 Å². The number of thiophene rings is 1. The molecule has 0 unspecified atom stereocenters. The lowest BCUT2D eigenvalue weighted by molar-refractivity contribution is 0.412. The van der Waals surface area contributed by atoms with E-state index in [1.54, 1.807) is 18.4 Å². The van der Waals surface area contributed by atoms with Gasteiger partial charge in [-0.05, 0) is 55.1 Å². The number of aryl methyl sites for hydroxylation is 2. The molecule has 5 rings (SSSR count). The number of hydrogen-bond acceptors (Lipinski definition) is 5. The van der Waals surface area contributed by atoms with Crippen molar-refractivity contribution in [1.82, 2.24) is 14.6 Å². The number of imidazole rings is 1. The van der Waals surface area contributed by atoms with Crippen LogP contribution < -0.4 is 10.1 Å². The highest BCUT2D eigenvalue weighted by atomic mass is 32.1. The second kappa shape index (κ2) is 6.90. The molecule has 0 bridgehead atoms. The van der Waals surface area contributed by atoms with Gasteiger partial charge < -0.3 is 10.1 Å². The van der Waals surface area contributed by atoms with Gasteiger partial charge in [0.15, 0.2) is 11.5 Å². The van der Waals surface area contributed by atoms with Gasteiger partial charge in [0.2, 0.25) is 0 Å². The van der Waals surface area contributed by atoms with E-state index in [-0.39, 0.29) is 0 Å². The summed E-state index contributed by atoms with van der Waals surface area (Å²) in [5.74, 6) is 1.60. The highest BCUT2D eigenvalue weighted by Gasteiger charge is 2.15. The molecule has 3 heterocycles. The third kappa shape index (κ3) is 3.11. The van der Waals surface area contributed by atoms with Crippen molar-refractivity contribution in [3.8, 4) is 16.3 Å². The molecule has 0 saturated carbocycles. The minimum absolute atomic E-state index is 0.753. The largest absolute Gasteiger partial charge is 0.496 e. The second-order valence-corrected chi connectivity index (χ2v) is 8.08. The summed E-state index contributed by atoms with van der Waals surface area (Å²) in [7, 11) is 1.68. The number of hydrogen-bond donors (Lipinski definition) is 1. The van der Waals surface area contributed by atoms with Crippen LogP contribution in [0.1, 0.15) is 11.3 Å². The van der Waals surface area contributed by atoms with Crippen molar-refractivity contribution in [2.45, 2.75) is 13.8 Å². The van der Waals surface area contributed by atoms with E-state index < -0.39 is 0 Å². The van der Waals surface area contributed by atoms with E-state index in [2.05, 4.69) is 35.6 Å². The van der Waals surface area contributed by atoms with Crippen molar-refractivity contribution in [1.29, 1.82) is 0 Å². The molecule has 0 amide bonds. The number of anilines is 2. The number of benzene rings is 2. The fourth-order valence-electron chi connectivity index (χ4n) is 3.54. The summed E-state index contributed by atoms with van der Waals surface area (Å²) in [6.07, 6.45) is 0. The Kier molecular flexibility index (Phi) is 4.21. The van der Waals surface area contributed by atoms with Crippen LogP contribution >= 0.6 is 11.3 Å². The zero-order chi connectivity index (χ0) is 20.0. The van der Waals surface area contributed by atoms with Gasteiger partial charge >= 0.3 is 0 Å². The molecule has 144 valence electrons. The Labute approximate surface area is 172 Å². The van der Waals surface area contributed by atoms with E-state index in [1.165, 1.54) is 10.1 Å². The fraction of sp³-hybridized carbons (Fsp3) is 0.130. The van der Waals surface area contributed by atoms with Gasteiger partial charge in [0.25, 0.3) is 0 Å². The molecule has 3 aromatic heterocycles. The van der Waals surface area contributed by atoms with E-state index in [4.69, 9.17) is 14.8 Å². The van der Waals surface area contributed by atoms with Gasteiger partial charge in [-0.3, -0.25) is 0 Å². The zero-order valence-corrected chi connectivity index (χ0v) is 17.2. The monoisotopic (exact) mass is 400 g/mol. The van der Waals surface area contributed by atoms with E-state index in [1.807, 2.05) is 48.7 Å². The van der Waals surface area contributed by atoms with Crippen LogP contribution in [0.15, 0.2) is 60.7 Å². The Bertz CT molecular complexity index is 1320. The summed E-state index contributed by atoms with van der Waals surface area (Å²) in [5.41, 5.74) is 4.87. The number of nitrogens with one attached hydrogen (secondary N) is 1. The highest BCUT2D eigenvalue weighted by Crippen LogP contribution is 2.35. The first-order valence-electron chi connectivity index (χ1n) is 9.39. The summed E-state index contributed by atoms with van der Waals surface area (Å²) in [4.78, 5) is 5.87. The molecular formula is C23H20N4OS. The molecule has 5 nitrogen and oxygen atoms in total. The molecular weight excluding hydrogens is 380 g/mol. The third-order valence-electron chi connectivity index (χ3n) is 4.99. The topological polar surface area (TPSA) is 51.5 Å². The molecule has 0 aliphatic carbocycles. The number of fused-ring (bicyclic) bond motifs is 2. The van der Waals surface area contributed by atoms with E-state index >= 15 is 0 Å². The molecule has 0 atom stereocenters. The first kappa shape index (κ1) is 17.7. The molecule has 0 spiro atoms. The van der Waals surface area contributed by atoms with Crippen molar-refractivity contribution < 1.29 is 4.74 Å². The fourth-order valence-corrected chi connectivity index (χ4v) is 4.68. The minimum atomic E-state index is 0.753. The van der Waals surface area contributed by atoms with Crippen LogP contribution in [0.2, 0.25) is 0 Å². The molecule has 0 aliphatic heterocycles. The van der Waals surface area contributed by atoms with Crippen LogP contribution in [0, 0.1) is 13.8 Å². The van der Waals surface area contributed by atoms with Crippen LogP contribution in [0.4, 0.5) is 11.5 Å².